The van der Waals surface area contributed by atoms with Gasteiger partial charge in [-0.05, 0) is 48.1 Å². The summed E-state index contributed by atoms with van der Waals surface area (Å²) < 4.78 is 7.97. The Morgan fingerprint density at radius 3 is 2.67 bits per heavy atom. The van der Waals surface area contributed by atoms with Gasteiger partial charge in [-0.15, -0.1) is 5.10 Å². The van der Waals surface area contributed by atoms with E-state index in [-0.39, 0.29) is 11.9 Å². The highest BCUT2D eigenvalue weighted by atomic mass is 79.9. The van der Waals surface area contributed by atoms with Crippen LogP contribution >= 0.6 is 27.3 Å². The number of hydrogen-bond acceptors (Lipinski definition) is 6. The molecule has 3 aromatic heterocycles. The van der Waals surface area contributed by atoms with E-state index in [9.17, 15) is 5.11 Å². The first-order valence-electron chi connectivity index (χ1n) is 10.1. The quantitative estimate of drug-likeness (QED) is 0.407. The summed E-state index contributed by atoms with van der Waals surface area (Å²) in [5, 5.41) is 15.7. The van der Waals surface area contributed by atoms with Crippen LogP contribution in [0.15, 0.2) is 51.6 Å². The number of aromatic hydroxyl groups is 1. The molecule has 1 N–H and O–H groups in total. The SMILES string of the molecule is C[C@@H]1C[C@H](C)CN([C@@H](c2cccc(Br)c2)c2sc3nc(-c4ccco4)nn3c2O)C1. The highest BCUT2D eigenvalue weighted by molar-refractivity contribution is 9.10. The maximum Gasteiger partial charge on any atom is 0.230 e. The number of halogens is 1. The molecule has 0 spiro atoms. The molecule has 4 heterocycles. The van der Waals surface area contributed by atoms with Crippen molar-refractivity contribution in [1.29, 1.82) is 0 Å². The second-order valence-corrected chi connectivity index (χ2v) is 10.2. The fourth-order valence-electron chi connectivity index (χ4n) is 4.57. The molecule has 0 saturated carbocycles. The average molecular weight is 487 g/mol. The lowest BCUT2D eigenvalue weighted by Gasteiger charge is -2.40. The molecule has 0 bridgehead atoms. The van der Waals surface area contributed by atoms with E-state index in [1.54, 1.807) is 12.3 Å². The third-order valence-corrected chi connectivity index (χ3v) is 7.18. The summed E-state index contributed by atoms with van der Waals surface area (Å²) in [6, 6.07) is 11.9. The van der Waals surface area contributed by atoms with Gasteiger partial charge in [0.2, 0.25) is 16.7 Å². The number of hydrogen-bond donors (Lipinski definition) is 1. The van der Waals surface area contributed by atoms with E-state index in [0.717, 1.165) is 28.0 Å². The maximum atomic E-state index is 11.2. The Bertz CT molecular complexity index is 1160. The van der Waals surface area contributed by atoms with Gasteiger partial charge in [-0.25, -0.2) is 0 Å². The largest absolute Gasteiger partial charge is 0.492 e. The summed E-state index contributed by atoms with van der Waals surface area (Å²) >= 11 is 5.10. The molecule has 1 fully saturated rings. The molecule has 0 radical (unpaired) electrons. The summed E-state index contributed by atoms with van der Waals surface area (Å²) in [6.45, 7) is 6.59. The normalized spacial score (nSPS) is 21.3. The van der Waals surface area contributed by atoms with Crippen LogP contribution in [0.25, 0.3) is 16.5 Å². The van der Waals surface area contributed by atoms with Gasteiger partial charge in [-0.2, -0.15) is 9.50 Å². The van der Waals surface area contributed by atoms with E-state index >= 15 is 0 Å². The minimum Gasteiger partial charge on any atom is -0.492 e. The second kappa shape index (κ2) is 7.83. The van der Waals surface area contributed by atoms with Crippen LogP contribution in [0.5, 0.6) is 5.88 Å². The average Bonchev–Trinajstić information content (AvgIpc) is 3.40. The smallest absolute Gasteiger partial charge is 0.230 e. The lowest BCUT2D eigenvalue weighted by molar-refractivity contribution is 0.112. The maximum absolute atomic E-state index is 11.2. The molecule has 30 heavy (non-hydrogen) atoms. The Kier molecular flexibility index (Phi) is 5.16. The van der Waals surface area contributed by atoms with Crippen LogP contribution in [0, 0.1) is 11.8 Å². The zero-order valence-electron chi connectivity index (χ0n) is 16.8. The molecular weight excluding hydrogens is 464 g/mol. The predicted molar refractivity (Wildman–Crippen MR) is 121 cm³/mol. The number of furan rings is 1. The van der Waals surface area contributed by atoms with Gasteiger partial charge in [0.1, 0.15) is 0 Å². The molecule has 3 atom stereocenters. The van der Waals surface area contributed by atoms with Crippen molar-refractivity contribution < 1.29 is 9.52 Å². The van der Waals surface area contributed by atoms with Gasteiger partial charge in [0.15, 0.2) is 5.76 Å². The van der Waals surface area contributed by atoms with Crippen molar-refractivity contribution >= 4 is 32.2 Å². The zero-order valence-corrected chi connectivity index (χ0v) is 19.2. The Balaban J connectivity index is 1.61. The van der Waals surface area contributed by atoms with Crippen LogP contribution in [0.4, 0.5) is 0 Å². The number of benzene rings is 1. The molecule has 8 heteroatoms. The summed E-state index contributed by atoms with van der Waals surface area (Å²) in [6.07, 6.45) is 2.83. The minimum absolute atomic E-state index is 0.0479. The number of rotatable bonds is 4. The number of aromatic nitrogens is 3. The second-order valence-electron chi connectivity index (χ2n) is 8.25. The molecular formula is C22H23BrN4O2S. The number of thiazole rings is 1. The first-order chi connectivity index (χ1) is 14.5. The van der Waals surface area contributed by atoms with E-state index in [2.05, 4.69) is 56.9 Å². The van der Waals surface area contributed by atoms with Gasteiger partial charge in [0.05, 0.1) is 17.2 Å². The van der Waals surface area contributed by atoms with Crippen LogP contribution in [0.3, 0.4) is 0 Å². The Labute approximate surface area is 187 Å². The van der Waals surface area contributed by atoms with E-state index in [0.29, 0.717) is 28.4 Å². The van der Waals surface area contributed by atoms with Crippen LogP contribution in [-0.4, -0.2) is 37.7 Å². The summed E-state index contributed by atoms with van der Waals surface area (Å²) in [4.78, 5) is 8.61. The Morgan fingerprint density at radius 2 is 2.00 bits per heavy atom. The minimum atomic E-state index is -0.0479. The number of piperidine rings is 1. The van der Waals surface area contributed by atoms with Crippen molar-refractivity contribution in [2.24, 2.45) is 11.8 Å². The Morgan fingerprint density at radius 1 is 1.20 bits per heavy atom. The first kappa shape index (κ1) is 19.8. The lowest BCUT2D eigenvalue weighted by Crippen LogP contribution is -2.41. The van der Waals surface area contributed by atoms with E-state index in [4.69, 9.17) is 4.42 Å². The van der Waals surface area contributed by atoms with Crippen molar-refractivity contribution in [2.75, 3.05) is 13.1 Å². The fraction of sp³-hybridized carbons (Fsp3) is 0.364. The lowest BCUT2D eigenvalue weighted by atomic mass is 9.89. The van der Waals surface area contributed by atoms with Gasteiger partial charge in [-0.3, -0.25) is 4.90 Å². The molecule has 0 unspecified atom stereocenters. The van der Waals surface area contributed by atoms with Crippen molar-refractivity contribution in [1.82, 2.24) is 19.5 Å². The topological polar surface area (TPSA) is 66.8 Å². The molecule has 1 aliphatic heterocycles. The third-order valence-electron chi connectivity index (χ3n) is 5.62. The standard InChI is InChI=1S/C22H23BrN4O2S/c1-13-9-14(2)12-26(11-13)18(15-5-3-6-16(23)10-15)19-21(28)27-22(30-19)24-20(25-27)17-7-4-8-29-17/h3-8,10,13-14,18,28H,9,11-12H2,1-2H3/t13-,14+,18-/m0/s1. The highest BCUT2D eigenvalue weighted by Crippen LogP contribution is 2.42. The molecule has 0 amide bonds. The molecule has 156 valence electrons. The first-order valence-corrected chi connectivity index (χ1v) is 11.7. The summed E-state index contributed by atoms with van der Waals surface area (Å²) in [7, 11) is 0. The molecule has 4 aromatic rings. The zero-order chi connectivity index (χ0) is 20.8. The van der Waals surface area contributed by atoms with Gasteiger partial charge < -0.3 is 9.52 Å². The number of nitrogens with zero attached hydrogens (tertiary/aromatic N) is 4. The summed E-state index contributed by atoms with van der Waals surface area (Å²) in [5.41, 5.74) is 1.15. The van der Waals surface area contributed by atoms with Gasteiger partial charge in [0, 0.05) is 17.6 Å². The third kappa shape index (κ3) is 3.57. The van der Waals surface area contributed by atoms with E-state index in [1.807, 2.05) is 18.2 Å². The molecule has 5 rings (SSSR count). The predicted octanol–water partition coefficient (Wildman–Crippen LogP) is 5.59. The molecule has 1 aromatic carbocycles. The van der Waals surface area contributed by atoms with Crippen LogP contribution in [0.1, 0.15) is 36.8 Å². The van der Waals surface area contributed by atoms with Crippen molar-refractivity contribution in [2.45, 2.75) is 26.3 Å². The molecule has 6 nitrogen and oxygen atoms in total. The highest BCUT2D eigenvalue weighted by Gasteiger charge is 2.34. The molecule has 1 aliphatic rings. The van der Waals surface area contributed by atoms with Gasteiger partial charge in [0.25, 0.3) is 0 Å². The monoisotopic (exact) mass is 486 g/mol. The Hall–Kier alpha value is -2.16. The molecule has 1 saturated heterocycles. The molecule has 0 aliphatic carbocycles. The van der Waals surface area contributed by atoms with Gasteiger partial charge >= 0.3 is 0 Å². The van der Waals surface area contributed by atoms with Crippen LogP contribution in [-0.2, 0) is 0 Å². The van der Waals surface area contributed by atoms with Crippen LogP contribution in [0.2, 0.25) is 0 Å². The van der Waals surface area contributed by atoms with Gasteiger partial charge in [-0.1, -0.05) is 53.2 Å². The summed E-state index contributed by atoms with van der Waals surface area (Å²) in [5.74, 6) is 2.44. The van der Waals surface area contributed by atoms with Crippen molar-refractivity contribution in [3.8, 4) is 17.5 Å². The fourth-order valence-corrected chi connectivity index (χ4v) is 6.10. The van der Waals surface area contributed by atoms with Crippen molar-refractivity contribution in [3.05, 3.63) is 57.6 Å². The number of fused-ring (bicyclic) bond motifs is 1. The van der Waals surface area contributed by atoms with E-state index < -0.39 is 0 Å². The van der Waals surface area contributed by atoms with E-state index in [1.165, 1.54) is 22.3 Å². The van der Waals surface area contributed by atoms with Crippen molar-refractivity contribution in [3.63, 3.8) is 0 Å². The number of likely N-dealkylation sites (tertiary alicyclic amines) is 1. The van der Waals surface area contributed by atoms with Crippen LogP contribution < -0.4 is 0 Å².